The van der Waals surface area contributed by atoms with Gasteiger partial charge in [-0.25, -0.2) is 0 Å². The van der Waals surface area contributed by atoms with E-state index in [1.807, 2.05) is 30.3 Å². The van der Waals surface area contributed by atoms with Gasteiger partial charge in [-0.05, 0) is 29.8 Å². The minimum atomic E-state index is -0.0130. The summed E-state index contributed by atoms with van der Waals surface area (Å²) in [5, 5.41) is 0.727. The second kappa shape index (κ2) is 5.45. The van der Waals surface area contributed by atoms with Gasteiger partial charge in [0.25, 0.3) is 0 Å². The molecule has 0 spiro atoms. The number of halogens is 1. The zero-order chi connectivity index (χ0) is 13.0. The maximum atomic E-state index is 5.84. The van der Waals surface area contributed by atoms with Crippen LogP contribution in [0.2, 0.25) is 5.02 Å². The van der Waals surface area contributed by atoms with Gasteiger partial charge in [-0.15, -0.1) is 0 Å². The zero-order valence-electron chi connectivity index (χ0n) is 10.7. The van der Waals surface area contributed by atoms with E-state index in [-0.39, 0.29) is 5.41 Å². The molecular weight excluding hydrogens is 244 g/mol. The van der Waals surface area contributed by atoms with E-state index in [9.17, 15) is 0 Å². The molecule has 1 nitrogen and oxygen atoms in total. The molecule has 18 heavy (non-hydrogen) atoms. The van der Waals surface area contributed by atoms with Crippen molar-refractivity contribution in [3.05, 3.63) is 65.2 Å². The third-order valence-corrected chi connectivity index (χ3v) is 3.22. The fraction of sp³-hybridized carbons (Fsp3) is 0.250. The van der Waals surface area contributed by atoms with E-state index >= 15 is 0 Å². The normalized spacial score (nSPS) is 11.3. The molecule has 0 unspecified atom stereocenters. The van der Waals surface area contributed by atoms with E-state index in [1.165, 1.54) is 5.56 Å². The van der Waals surface area contributed by atoms with Crippen molar-refractivity contribution >= 4 is 11.6 Å². The number of hydrogen-bond acceptors (Lipinski definition) is 1. The van der Waals surface area contributed by atoms with Crippen molar-refractivity contribution in [2.24, 2.45) is 0 Å². The van der Waals surface area contributed by atoms with E-state index in [1.54, 1.807) is 0 Å². The fourth-order valence-electron chi connectivity index (χ4n) is 1.77. The molecule has 94 valence electrons. The molecule has 0 saturated carbocycles. The molecule has 2 heteroatoms. The molecule has 0 heterocycles. The van der Waals surface area contributed by atoms with Gasteiger partial charge < -0.3 is 4.74 Å². The molecule has 0 fully saturated rings. The van der Waals surface area contributed by atoms with Crippen LogP contribution in [0.15, 0.2) is 54.6 Å². The SMILES string of the molecule is CC(C)(COc1ccc(Cl)cc1)c1ccccc1. The van der Waals surface area contributed by atoms with Crippen molar-refractivity contribution in [2.75, 3.05) is 6.61 Å². The molecule has 2 rings (SSSR count). The Hall–Kier alpha value is -1.47. The van der Waals surface area contributed by atoms with Crippen molar-refractivity contribution in [1.82, 2.24) is 0 Å². The van der Waals surface area contributed by atoms with Crippen molar-refractivity contribution in [3.8, 4) is 5.75 Å². The van der Waals surface area contributed by atoms with Crippen LogP contribution in [0.25, 0.3) is 0 Å². The highest BCUT2D eigenvalue weighted by atomic mass is 35.5. The topological polar surface area (TPSA) is 9.23 Å². The molecule has 0 amide bonds. The summed E-state index contributed by atoms with van der Waals surface area (Å²) >= 11 is 5.84. The molecule has 0 aliphatic heterocycles. The van der Waals surface area contributed by atoms with Crippen molar-refractivity contribution in [1.29, 1.82) is 0 Å². The first-order valence-electron chi connectivity index (χ1n) is 6.02. The first-order chi connectivity index (χ1) is 8.58. The van der Waals surface area contributed by atoms with E-state index in [2.05, 4.69) is 38.1 Å². The number of rotatable bonds is 4. The molecule has 0 aromatic heterocycles. The molecule has 0 aliphatic rings. The Balaban J connectivity index is 2.03. The first-order valence-corrected chi connectivity index (χ1v) is 6.40. The highest BCUT2D eigenvalue weighted by Crippen LogP contribution is 2.24. The maximum Gasteiger partial charge on any atom is 0.119 e. The summed E-state index contributed by atoms with van der Waals surface area (Å²) in [6.45, 7) is 5.00. The summed E-state index contributed by atoms with van der Waals surface area (Å²) in [6, 6.07) is 17.9. The van der Waals surface area contributed by atoms with Gasteiger partial charge in [-0.1, -0.05) is 55.8 Å². The third-order valence-electron chi connectivity index (χ3n) is 2.97. The van der Waals surface area contributed by atoms with Crippen LogP contribution in [0.1, 0.15) is 19.4 Å². The Bertz CT molecular complexity index is 488. The summed E-state index contributed by atoms with van der Waals surface area (Å²) < 4.78 is 5.82. The molecule has 0 saturated heterocycles. The standard InChI is InChI=1S/C16H17ClO/c1-16(2,13-6-4-3-5-7-13)12-18-15-10-8-14(17)9-11-15/h3-11H,12H2,1-2H3. The Morgan fingerprint density at radius 1 is 0.944 bits per heavy atom. The van der Waals surface area contributed by atoms with Gasteiger partial charge in [-0.3, -0.25) is 0 Å². The minimum absolute atomic E-state index is 0.0130. The lowest BCUT2D eigenvalue weighted by Gasteiger charge is -2.25. The maximum absolute atomic E-state index is 5.84. The van der Waals surface area contributed by atoms with Gasteiger partial charge in [0.05, 0.1) is 6.61 Å². The Labute approximate surface area is 113 Å². The Morgan fingerprint density at radius 3 is 2.17 bits per heavy atom. The summed E-state index contributed by atoms with van der Waals surface area (Å²) in [4.78, 5) is 0. The Kier molecular flexibility index (Phi) is 3.93. The third kappa shape index (κ3) is 3.27. The molecule has 0 aliphatic carbocycles. The first kappa shape index (κ1) is 13.0. The van der Waals surface area contributed by atoms with Crippen molar-refractivity contribution < 1.29 is 4.74 Å². The second-order valence-electron chi connectivity index (χ2n) is 4.99. The largest absolute Gasteiger partial charge is 0.493 e. The predicted molar refractivity (Wildman–Crippen MR) is 76.4 cm³/mol. The molecule has 0 atom stereocenters. The van der Waals surface area contributed by atoms with Gasteiger partial charge in [0.15, 0.2) is 0 Å². The smallest absolute Gasteiger partial charge is 0.119 e. The molecular formula is C16H17ClO. The highest BCUT2D eigenvalue weighted by molar-refractivity contribution is 6.30. The zero-order valence-corrected chi connectivity index (χ0v) is 11.4. The van der Waals surface area contributed by atoms with Gasteiger partial charge >= 0.3 is 0 Å². The fourth-order valence-corrected chi connectivity index (χ4v) is 1.89. The molecule has 2 aromatic rings. The predicted octanol–water partition coefficient (Wildman–Crippen LogP) is 4.70. The molecule has 2 aromatic carbocycles. The molecule has 0 N–H and O–H groups in total. The number of benzene rings is 2. The van der Waals surface area contributed by atoms with Crippen LogP contribution in [-0.2, 0) is 5.41 Å². The van der Waals surface area contributed by atoms with Crippen molar-refractivity contribution in [3.63, 3.8) is 0 Å². The van der Waals surface area contributed by atoms with Gasteiger partial charge in [-0.2, -0.15) is 0 Å². The van der Waals surface area contributed by atoms with Crippen LogP contribution in [0, 0.1) is 0 Å². The lowest BCUT2D eigenvalue weighted by atomic mass is 9.86. The van der Waals surface area contributed by atoms with Crippen LogP contribution in [0.4, 0.5) is 0 Å². The van der Waals surface area contributed by atoms with Crippen LogP contribution in [0.3, 0.4) is 0 Å². The van der Waals surface area contributed by atoms with E-state index < -0.39 is 0 Å². The second-order valence-corrected chi connectivity index (χ2v) is 5.43. The van der Waals surface area contributed by atoms with E-state index in [0.29, 0.717) is 6.61 Å². The van der Waals surface area contributed by atoms with Gasteiger partial charge in [0.2, 0.25) is 0 Å². The summed E-state index contributed by atoms with van der Waals surface area (Å²) in [6.07, 6.45) is 0. The van der Waals surface area contributed by atoms with Crippen LogP contribution in [0.5, 0.6) is 5.75 Å². The molecule has 0 radical (unpaired) electrons. The number of ether oxygens (including phenoxy) is 1. The van der Waals surface area contributed by atoms with Gasteiger partial charge in [0, 0.05) is 10.4 Å². The van der Waals surface area contributed by atoms with Crippen LogP contribution >= 0.6 is 11.6 Å². The van der Waals surface area contributed by atoms with Crippen LogP contribution < -0.4 is 4.74 Å². The lowest BCUT2D eigenvalue weighted by Crippen LogP contribution is -2.26. The quantitative estimate of drug-likeness (QED) is 0.774. The summed E-state index contributed by atoms with van der Waals surface area (Å²) in [5.74, 6) is 0.850. The average Bonchev–Trinajstić information content (AvgIpc) is 2.39. The minimum Gasteiger partial charge on any atom is -0.493 e. The molecule has 0 bridgehead atoms. The van der Waals surface area contributed by atoms with Gasteiger partial charge in [0.1, 0.15) is 5.75 Å². The van der Waals surface area contributed by atoms with Crippen molar-refractivity contribution in [2.45, 2.75) is 19.3 Å². The highest BCUT2D eigenvalue weighted by Gasteiger charge is 2.21. The Morgan fingerprint density at radius 2 is 1.56 bits per heavy atom. The lowest BCUT2D eigenvalue weighted by molar-refractivity contribution is 0.240. The van der Waals surface area contributed by atoms with E-state index in [0.717, 1.165) is 10.8 Å². The van der Waals surface area contributed by atoms with Crippen LogP contribution in [-0.4, -0.2) is 6.61 Å². The van der Waals surface area contributed by atoms with E-state index in [4.69, 9.17) is 16.3 Å². The summed E-state index contributed by atoms with van der Waals surface area (Å²) in [7, 11) is 0. The average molecular weight is 261 g/mol. The monoisotopic (exact) mass is 260 g/mol. The number of hydrogen-bond donors (Lipinski definition) is 0. The summed E-state index contributed by atoms with van der Waals surface area (Å²) in [5.41, 5.74) is 1.26.